The smallest absolute Gasteiger partial charge is 0.0459 e. The predicted octanol–water partition coefficient (Wildman–Crippen LogP) is 3.87. The number of aliphatic hydroxyl groups is 1. The molecule has 1 saturated heterocycles. The van der Waals surface area contributed by atoms with E-state index in [0.29, 0.717) is 12.5 Å². The molecule has 21 heavy (non-hydrogen) atoms. The second-order valence-corrected chi connectivity index (χ2v) is 5.48. The van der Waals surface area contributed by atoms with Gasteiger partial charge < -0.3 is 14.9 Å². The molecule has 3 heteroatoms. The maximum atomic E-state index is 9.22. The standard InChI is InChI=1S/C14H30N2O.2C2H6/c1-3-6-14(13-17)7-4-5-8-16-11-9-15(2)10-12-16;2*1-2/h14,17H,3-13H2,1-2H3;2*1-2H3. The first-order valence-electron chi connectivity index (χ1n) is 9.28. The number of nitrogens with zero attached hydrogens (tertiary/aromatic N) is 2. The third kappa shape index (κ3) is 13.3. The Morgan fingerprint density at radius 2 is 1.48 bits per heavy atom. The van der Waals surface area contributed by atoms with Gasteiger partial charge >= 0.3 is 0 Å². The van der Waals surface area contributed by atoms with E-state index in [1.807, 2.05) is 27.7 Å². The number of piperazine rings is 1. The van der Waals surface area contributed by atoms with Crippen molar-refractivity contribution < 1.29 is 5.11 Å². The molecule has 0 aromatic heterocycles. The molecule has 0 spiro atoms. The summed E-state index contributed by atoms with van der Waals surface area (Å²) in [6.45, 7) is 16.7. The SMILES string of the molecule is CC.CC.CCCC(CO)CCCCN1CCN(C)CC1. The first kappa shape index (κ1) is 23.2. The second kappa shape index (κ2) is 17.9. The van der Waals surface area contributed by atoms with Gasteiger partial charge in [-0.2, -0.15) is 0 Å². The number of likely N-dealkylation sites (N-methyl/N-ethyl adjacent to an activating group) is 1. The highest BCUT2D eigenvalue weighted by molar-refractivity contribution is 4.69. The molecule has 1 N–H and O–H groups in total. The zero-order valence-corrected chi connectivity index (χ0v) is 15.7. The van der Waals surface area contributed by atoms with Crippen molar-refractivity contribution in [3.8, 4) is 0 Å². The Labute approximate surface area is 134 Å². The summed E-state index contributed by atoms with van der Waals surface area (Å²) in [4.78, 5) is 4.98. The molecule has 0 bridgehead atoms. The van der Waals surface area contributed by atoms with E-state index in [1.54, 1.807) is 0 Å². The molecule has 1 aliphatic heterocycles. The van der Waals surface area contributed by atoms with E-state index in [1.165, 1.54) is 64.8 Å². The third-order valence-corrected chi connectivity index (χ3v) is 3.89. The minimum Gasteiger partial charge on any atom is -0.396 e. The van der Waals surface area contributed by atoms with Crippen molar-refractivity contribution >= 4 is 0 Å². The summed E-state index contributed by atoms with van der Waals surface area (Å²) in [5.74, 6) is 0.549. The maximum absolute atomic E-state index is 9.22. The van der Waals surface area contributed by atoms with Crippen molar-refractivity contribution in [2.45, 2.75) is 66.7 Å². The van der Waals surface area contributed by atoms with E-state index in [0.717, 1.165) is 0 Å². The summed E-state index contributed by atoms with van der Waals surface area (Å²) in [6, 6.07) is 0. The van der Waals surface area contributed by atoms with E-state index in [4.69, 9.17) is 0 Å². The number of hydrogen-bond acceptors (Lipinski definition) is 3. The molecule has 0 amide bonds. The van der Waals surface area contributed by atoms with E-state index in [-0.39, 0.29) is 0 Å². The molecule has 1 heterocycles. The Bertz CT molecular complexity index is 180. The fourth-order valence-corrected chi connectivity index (χ4v) is 2.58. The Morgan fingerprint density at radius 1 is 0.905 bits per heavy atom. The zero-order chi connectivity index (χ0) is 16.5. The van der Waals surface area contributed by atoms with Crippen LogP contribution in [-0.2, 0) is 0 Å². The van der Waals surface area contributed by atoms with Gasteiger partial charge in [-0.3, -0.25) is 0 Å². The van der Waals surface area contributed by atoms with Gasteiger partial charge in [0.1, 0.15) is 0 Å². The Hall–Kier alpha value is -0.120. The molecule has 0 aliphatic carbocycles. The first-order chi connectivity index (χ1) is 10.3. The number of unbranched alkanes of at least 4 members (excludes halogenated alkanes) is 1. The Kier molecular flexibility index (Phi) is 19.8. The van der Waals surface area contributed by atoms with E-state index >= 15 is 0 Å². The van der Waals surface area contributed by atoms with Gasteiger partial charge in [0.25, 0.3) is 0 Å². The molecular weight excluding hydrogens is 260 g/mol. The lowest BCUT2D eigenvalue weighted by Crippen LogP contribution is -2.44. The average Bonchev–Trinajstić information content (AvgIpc) is 2.56. The number of aliphatic hydroxyl groups excluding tert-OH is 1. The van der Waals surface area contributed by atoms with Crippen LogP contribution in [0.25, 0.3) is 0 Å². The van der Waals surface area contributed by atoms with Crippen LogP contribution in [0.3, 0.4) is 0 Å². The van der Waals surface area contributed by atoms with Gasteiger partial charge in [-0.15, -0.1) is 0 Å². The number of hydrogen-bond donors (Lipinski definition) is 1. The lowest BCUT2D eigenvalue weighted by molar-refractivity contribution is 0.149. The van der Waals surface area contributed by atoms with Crippen LogP contribution in [-0.4, -0.2) is 61.3 Å². The lowest BCUT2D eigenvalue weighted by Gasteiger charge is -2.32. The van der Waals surface area contributed by atoms with Crippen molar-refractivity contribution in [3.05, 3.63) is 0 Å². The van der Waals surface area contributed by atoms with Crippen molar-refractivity contribution in [2.75, 3.05) is 46.4 Å². The molecule has 1 fully saturated rings. The lowest BCUT2D eigenvalue weighted by atomic mass is 9.98. The summed E-state index contributed by atoms with van der Waals surface area (Å²) in [7, 11) is 2.20. The van der Waals surface area contributed by atoms with E-state index < -0.39 is 0 Å². The molecule has 0 aromatic rings. The highest BCUT2D eigenvalue weighted by Crippen LogP contribution is 2.14. The van der Waals surface area contributed by atoms with Gasteiger partial charge in [-0.05, 0) is 38.8 Å². The number of rotatable bonds is 8. The Balaban J connectivity index is 0. The minimum atomic E-state index is 0.377. The molecule has 130 valence electrons. The van der Waals surface area contributed by atoms with Crippen molar-refractivity contribution in [1.29, 1.82) is 0 Å². The summed E-state index contributed by atoms with van der Waals surface area (Å²) < 4.78 is 0. The second-order valence-electron chi connectivity index (χ2n) is 5.48. The van der Waals surface area contributed by atoms with Crippen LogP contribution in [0, 0.1) is 5.92 Å². The molecular formula is C18H42N2O. The molecule has 0 saturated carbocycles. The van der Waals surface area contributed by atoms with Crippen molar-refractivity contribution in [2.24, 2.45) is 5.92 Å². The molecule has 1 unspecified atom stereocenters. The van der Waals surface area contributed by atoms with Gasteiger partial charge in [-0.25, -0.2) is 0 Å². The highest BCUT2D eigenvalue weighted by atomic mass is 16.3. The van der Waals surface area contributed by atoms with Crippen molar-refractivity contribution in [1.82, 2.24) is 9.80 Å². The Morgan fingerprint density at radius 3 is 1.95 bits per heavy atom. The van der Waals surface area contributed by atoms with Crippen LogP contribution in [0.4, 0.5) is 0 Å². The largest absolute Gasteiger partial charge is 0.396 e. The first-order valence-corrected chi connectivity index (χ1v) is 9.28. The molecule has 1 atom stereocenters. The van der Waals surface area contributed by atoms with E-state index in [2.05, 4.69) is 23.8 Å². The van der Waals surface area contributed by atoms with Crippen LogP contribution < -0.4 is 0 Å². The average molecular weight is 303 g/mol. The van der Waals surface area contributed by atoms with Crippen LogP contribution in [0.15, 0.2) is 0 Å². The topological polar surface area (TPSA) is 26.7 Å². The van der Waals surface area contributed by atoms with Crippen LogP contribution in [0.2, 0.25) is 0 Å². The summed E-state index contributed by atoms with van der Waals surface area (Å²) in [6.07, 6.45) is 6.16. The highest BCUT2D eigenvalue weighted by Gasteiger charge is 2.13. The fraction of sp³-hybridized carbons (Fsp3) is 1.00. The van der Waals surface area contributed by atoms with Gasteiger partial charge in [0.15, 0.2) is 0 Å². The van der Waals surface area contributed by atoms with E-state index in [9.17, 15) is 5.11 Å². The maximum Gasteiger partial charge on any atom is 0.0459 e. The van der Waals surface area contributed by atoms with Gasteiger partial charge in [0.05, 0.1) is 0 Å². The molecule has 0 radical (unpaired) electrons. The van der Waals surface area contributed by atoms with Gasteiger partial charge in [0, 0.05) is 32.8 Å². The van der Waals surface area contributed by atoms with Crippen LogP contribution >= 0.6 is 0 Å². The summed E-state index contributed by atoms with van der Waals surface area (Å²) >= 11 is 0. The van der Waals surface area contributed by atoms with Gasteiger partial charge in [0.2, 0.25) is 0 Å². The summed E-state index contributed by atoms with van der Waals surface area (Å²) in [5, 5.41) is 9.22. The predicted molar refractivity (Wildman–Crippen MR) is 96.0 cm³/mol. The molecule has 3 nitrogen and oxygen atoms in total. The fourth-order valence-electron chi connectivity index (χ4n) is 2.58. The molecule has 1 rings (SSSR count). The quantitative estimate of drug-likeness (QED) is 0.690. The molecule has 1 aliphatic rings. The van der Waals surface area contributed by atoms with Crippen molar-refractivity contribution in [3.63, 3.8) is 0 Å². The third-order valence-electron chi connectivity index (χ3n) is 3.89. The minimum absolute atomic E-state index is 0.377. The monoisotopic (exact) mass is 302 g/mol. The normalized spacial score (nSPS) is 17.3. The van der Waals surface area contributed by atoms with Crippen LogP contribution in [0.5, 0.6) is 0 Å². The van der Waals surface area contributed by atoms with Crippen LogP contribution in [0.1, 0.15) is 66.7 Å². The van der Waals surface area contributed by atoms with Gasteiger partial charge in [-0.1, -0.05) is 47.5 Å². The summed E-state index contributed by atoms with van der Waals surface area (Å²) in [5.41, 5.74) is 0. The zero-order valence-electron chi connectivity index (χ0n) is 15.7. The molecule has 0 aromatic carbocycles.